The molecule has 148 valence electrons. The first-order chi connectivity index (χ1) is 13.5. The van der Waals surface area contributed by atoms with Gasteiger partial charge in [0.25, 0.3) is 0 Å². The number of amides is 1. The van der Waals surface area contributed by atoms with Gasteiger partial charge in [-0.15, -0.1) is 0 Å². The van der Waals surface area contributed by atoms with E-state index in [0.717, 1.165) is 37.6 Å². The Bertz CT molecular complexity index is 827. The van der Waals surface area contributed by atoms with Crippen molar-refractivity contribution in [3.05, 3.63) is 54.1 Å². The van der Waals surface area contributed by atoms with Crippen molar-refractivity contribution < 1.29 is 14.3 Å². The number of ether oxygens (including phenoxy) is 1. The largest absolute Gasteiger partial charge is 0.497 e. The van der Waals surface area contributed by atoms with Gasteiger partial charge in [0, 0.05) is 37.4 Å². The number of nitrogens with zero attached hydrogens (tertiary/aromatic N) is 2. The molecule has 1 aliphatic heterocycles. The van der Waals surface area contributed by atoms with Gasteiger partial charge >= 0.3 is 0 Å². The van der Waals surface area contributed by atoms with E-state index in [0.29, 0.717) is 11.3 Å². The lowest BCUT2D eigenvalue weighted by Gasteiger charge is -2.38. The van der Waals surface area contributed by atoms with Crippen LogP contribution in [0.15, 0.2) is 48.5 Å². The van der Waals surface area contributed by atoms with Gasteiger partial charge in [-0.3, -0.25) is 14.5 Å². The van der Waals surface area contributed by atoms with E-state index in [1.54, 1.807) is 25.3 Å². The average molecular weight is 381 g/mol. The Morgan fingerprint density at radius 1 is 1.00 bits per heavy atom. The van der Waals surface area contributed by atoms with Crippen LogP contribution in [0.3, 0.4) is 0 Å². The molecule has 0 aromatic heterocycles. The van der Waals surface area contributed by atoms with Gasteiger partial charge in [0.15, 0.2) is 5.78 Å². The van der Waals surface area contributed by atoms with Crippen LogP contribution < -0.4 is 15.0 Å². The third-order valence-corrected chi connectivity index (χ3v) is 5.24. The standard InChI is InChI=1S/C22H27N3O3/c1-16(22(27)23-21-7-5-4-6-20(21)17(2)26)24-12-14-25(15-13-24)18-8-10-19(28-3)11-9-18/h4-11,16H,12-15H2,1-3H3,(H,23,27)/t16-/m0/s1. The normalized spacial score (nSPS) is 15.8. The molecule has 0 spiro atoms. The lowest BCUT2D eigenvalue weighted by atomic mass is 10.1. The van der Waals surface area contributed by atoms with Crippen molar-refractivity contribution in [3.8, 4) is 5.75 Å². The zero-order valence-electron chi connectivity index (χ0n) is 16.6. The number of hydrogen-bond acceptors (Lipinski definition) is 5. The van der Waals surface area contributed by atoms with Gasteiger partial charge in [0.05, 0.1) is 18.8 Å². The summed E-state index contributed by atoms with van der Waals surface area (Å²) in [5.74, 6) is 0.696. The Kier molecular flexibility index (Phi) is 6.31. The molecule has 0 unspecified atom stereocenters. The van der Waals surface area contributed by atoms with Crippen molar-refractivity contribution in [1.82, 2.24) is 4.90 Å². The van der Waals surface area contributed by atoms with Crippen LogP contribution in [0.1, 0.15) is 24.2 Å². The van der Waals surface area contributed by atoms with Crippen LogP contribution in [0.25, 0.3) is 0 Å². The molecule has 6 nitrogen and oxygen atoms in total. The topological polar surface area (TPSA) is 61.9 Å². The van der Waals surface area contributed by atoms with Gasteiger partial charge in [-0.05, 0) is 50.2 Å². The van der Waals surface area contributed by atoms with Crippen LogP contribution >= 0.6 is 0 Å². The Labute approximate surface area is 166 Å². The summed E-state index contributed by atoms with van der Waals surface area (Å²) in [6.07, 6.45) is 0. The second-order valence-electron chi connectivity index (χ2n) is 6.99. The number of rotatable bonds is 6. The molecular weight excluding hydrogens is 354 g/mol. The molecule has 1 N–H and O–H groups in total. The smallest absolute Gasteiger partial charge is 0.241 e. The Balaban J connectivity index is 1.58. The minimum absolute atomic E-state index is 0.0586. The van der Waals surface area contributed by atoms with E-state index in [-0.39, 0.29) is 17.7 Å². The molecule has 0 saturated carbocycles. The van der Waals surface area contributed by atoms with Gasteiger partial charge in [-0.1, -0.05) is 12.1 Å². The maximum atomic E-state index is 12.7. The number of benzene rings is 2. The second-order valence-corrected chi connectivity index (χ2v) is 6.99. The summed E-state index contributed by atoms with van der Waals surface area (Å²) >= 11 is 0. The predicted octanol–water partition coefficient (Wildman–Crippen LogP) is 3.05. The van der Waals surface area contributed by atoms with Crippen LogP contribution in [0.5, 0.6) is 5.75 Å². The predicted molar refractivity (Wildman–Crippen MR) is 111 cm³/mol. The summed E-state index contributed by atoms with van der Waals surface area (Å²) in [4.78, 5) is 29.0. The zero-order chi connectivity index (χ0) is 20.1. The summed E-state index contributed by atoms with van der Waals surface area (Å²) in [7, 11) is 1.66. The van der Waals surface area contributed by atoms with Crippen molar-refractivity contribution in [3.63, 3.8) is 0 Å². The molecule has 1 fully saturated rings. The first kappa shape index (κ1) is 19.9. The summed E-state index contributed by atoms with van der Waals surface area (Å²) in [6.45, 7) is 6.73. The van der Waals surface area contributed by atoms with E-state index < -0.39 is 0 Å². The molecule has 1 aliphatic rings. The van der Waals surface area contributed by atoms with E-state index >= 15 is 0 Å². The highest BCUT2D eigenvalue weighted by Gasteiger charge is 2.26. The molecule has 2 aromatic carbocycles. The molecule has 1 heterocycles. The lowest BCUT2D eigenvalue weighted by molar-refractivity contribution is -0.120. The fourth-order valence-electron chi connectivity index (χ4n) is 3.46. The SMILES string of the molecule is COc1ccc(N2CCN([C@@H](C)C(=O)Nc3ccccc3C(C)=O)CC2)cc1. The third-order valence-electron chi connectivity index (χ3n) is 5.24. The molecule has 1 atom stereocenters. The van der Waals surface area contributed by atoms with E-state index in [9.17, 15) is 9.59 Å². The molecule has 28 heavy (non-hydrogen) atoms. The summed E-state index contributed by atoms with van der Waals surface area (Å²) in [6, 6.07) is 14.9. The number of piperazine rings is 1. The molecule has 3 rings (SSSR count). The van der Waals surface area contributed by atoms with Crippen molar-refractivity contribution in [2.24, 2.45) is 0 Å². The van der Waals surface area contributed by atoms with E-state index in [1.807, 2.05) is 25.1 Å². The van der Waals surface area contributed by atoms with Gasteiger partial charge < -0.3 is 15.0 Å². The molecular formula is C22H27N3O3. The van der Waals surface area contributed by atoms with Crippen LogP contribution in [-0.2, 0) is 4.79 Å². The number of nitrogens with one attached hydrogen (secondary N) is 1. The van der Waals surface area contributed by atoms with Crippen molar-refractivity contribution in [2.45, 2.75) is 19.9 Å². The summed E-state index contributed by atoms with van der Waals surface area (Å²) in [5.41, 5.74) is 2.27. The highest BCUT2D eigenvalue weighted by molar-refractivity contribution is 6.04. The molecule has 0 radical (unpaired) electrons. The van der Waals surface area contributed by atoms with Crippen LogP contribution in [0.4, 0.5) is 11.4 Å². The first-order valence-electron chi connectivity index (χ1n) is 9.53. The molecule has 6 heteroatoms. The molecule has 2 aromatic rings. The number of anilines is 2. The Hall–Kier alpha value is -2.86. The number of carbonyl (C=O) groups excluding carboxylic acids is 2. The fraction of sp³-hybridized carbons (Fsp3) is 0.364. The van der Waals surface area contributed by atoms with Crippen LogP contribution in [0.2, 0.25) is 0 Å². The van der Waals surface area contributed by atoms with Gasteiger partial charge in [-0.2, -0.15) is 0 Å². The first-order valence-corrected chi connectivity index (χ1v) is 9.53. The molecule has 1 saturated heterocycles. The minimum atomic E-state index is -0.266. The molecule has 0 bridgehead atoms. The maximum absolute atomic E-state index is 12.7. The quantitative estimate of drug-likeness (QED) is 0.780. The van der Waals surface area contributed by atoms with Crippen molar-refractivity contribution in [1.29, 1.82) is 0 Å². The maximum Gasteiger partial charge on any atom is 0.241 e. The average Bonchev–Trinajstić information content (AvgIpc) is 2.73. The van der Waals surface area contributed by atoms with Crippen molar-refractivity contribution in [2.75, 3.05) is 43.5 Å². The van der Waals surface area contributed by atoms with E-state index in [4.69, 9.17) is 4.74 Å². The Morgan fingerprint density at radius 3 is 2.25 bits per heavy atom. The number of carbonyl (C=O) groups is 2. The molecule has 0 aliphatic carbocycles. The third kappa shape index (κ3) is 4.51. The second kappa shape index (κ2) is 8.89. The highest BCUT2D eigenvalue weighted by atomic mass is 16.5. The van der Waals surface area contributed by atoms with E-state index in [1.165, 1.54) is 6.92 Å². The van der Waals surface area contributed by atoms with Gasteiger partial charge in [-0.25, -0.2) is 0 Å². The highest BCUT2D eigenvalue weighted by Crippen LogP contribution is 2.21. The number of para-hydroxylation sites is 1. The number of hydrogen-bond donors (Lipinski definition) is 1. The van der Waals surface area contributed by atoms with E-state index in [2.05, 4.69) is 27.2 Å². The van der Waals surface area contributed by atoms with Gasteiger partial charge in [0.1, 0.15) is 5.75 Å². The number of methoxy groups -OCH3 is 1. The van der Waals surface area contributed by atoms with Crippen molar-refractivity contribution >= 4 is 23.1 Å². The van der Waals surface area contributed by atoms with Crippen LogP contribution in [-0.4, -0.2) is 55.9 Å². The number of ketones is 1. The van der Waals surface area contributed by atoms with Gasteiger partial charge in [0.2, 0.25) is 5.91 Å². The number of Topliss-reactive ketones (excluding diaryl/α,β-unsaturated/α-hetero) is 1. The zero-order valence-corrected chi connectivity index (χ0v) is 16.6. The Morgan fingerprint density at radius 2 is 1.64 bits per heavy atom. The minimum Gasteiger partial charge on any atom is -0.497 e. The monoisotopic (exact) mass is 381 g/mol. The van der Waals surface area contributed by atoms with Crippen LogP contribution in [0, 0.1) is 0 Å². The summed E-state index contributed by atoms with van der Waals surface area (Å²) < 4.78 is 5.21. The summed E-state index contributed by atoms with van der Waals surface area (Å²) in [5, 5.41) is 2.92. The lowest BCUT2D eigenvalue weighted by Crippen LogP contribution is -2.52. The fourth-order valence-corrected chi connectivity index (χ4v) is 3.46. The molecule has 1 amide bonds.